The fraction of sp³-hybridized carbons (Fsp3) is 0.286. The Labute approximate surface area is 166 Å². The molecule has 0 unspecified atom stereocenters. The lowest BCUT2D eigenvalue weighted by Gasteiger charge is -2.22. The van der Waals surface area contributed by atoms with Crippen LogP contribution in [0.2, 0.25) is 0 Å². The highest BCUT2D eigenvalue weighted by molar-refractivity contribution is 7.92. The molecule has 150 valence electrons. The van der Waals surface area contributed by atoms with E-state index in [-0.39, 0.29) is 6.54 Å². The molecule has 7 heteroatoms. The van der Waals surface area contributed by atoms with Gasteiger partial charge in [0.1, 0.15) is 18.9 Å². The Hall–Kier alpha value is -2.80. The summed E-state index contributed by atoms with van der Waals surface area (Å²) >= 11 is 0. The van der Waals surface area contributed by atoms with Crippen molar-refractivity contribution < 1.29 is 17.9 Å². The molecule has 0 fully saturated rings. The second-order valence-corrected chi connectivity index (χ2v) is 8.59. The molecule has 1 amide bonds. The van der Waals surface area contributed by atoms with Gasteiger partial charge >= 0.3 is 0 Å². The third-order valence-electron chi connectivity index (χ3n) is 4.04. The zero-order valence-corrected chi connectivity index (χ0v) is 17.2. The minimum Gasteiger partial charge on any atom is -0.490 e. The molecular weight excluding hydrogens is 376 g/mol. The molecule has 0 aliphatic rings. The summed E-state index contributed by atoms with van der Waals surface area (Å²) in [5, 5.41) is 2.71. The third-order valence-corrected chi connectivity index (χ3v) is 5.18. The van der Waals surface area contributed by atoms with E-state index in [1.54, 1.807) is 42.5 Å². The van der Waals surface area contributed by atoms with Crippen LogP contribution < -0.4 is 14.4 Å². The molecule has 0 atom stereocenters. The quantitative estimate of drug-likeness (QED) is 0.648. The largest absolute Gasteiger partial charge is 0.490 e. The topological polar surface area (TPSA) is 75.7 Å². The Kier molecular flexibility index (Phi) is 7.23. The van der Waals surface area contributed by atoms with Crippen LogP contribution in [0.4, 0.5) is 11.4 Å². The van der Waals surface area contributed by atoms with Crippen molar-refractivity contribution in [3.63, 3.8) is 0 Å². The molecule has 1 N–H and O–H groups in total. The molecule has 0 radical (unpaired) electrons. The first-order valence-electron chi connectivity index (χ1n) is 8.92. The van der Waals surface area contributed by atoms with Crippen LogP contribution in [0.1, 0.15) is 25.3 Å². The minimum absolute atomic E-state index is 0.311. The molecule has 0 heterocycles. The van der Waals surface area contributed by atoms with Crippen molar-refractivity contribution in [1.29, 1.82) is 0 Å². The van der Waals surface area contributed by atoms with Crippen molar-refractivity contribution in [2.24, 2.45) is 0 Å². The molecule has 0 spiro atoms. The van der Waals surface area contributed by atoms with Crippen LogP contribution >= 0.6 is 0 Å². The summed E-state index contributed by atoms with van der Waals surface area (Å²) in [6.45, 7) is 7.79. The lowest BCUT2D eigenvalue weighted by atomic mass is 10.0. The Balaban J connectivity index is 2.10. The lowest BCUT2D eigenvalue weighted by molar-refractivity contribution is -0.114. The van der Waals surface area contributed by atoms with Crippen LogP contribution in [0.15, 0.2) is 61.2 Å². The predicted octanol–water partition coefficient (Wildman–Crippen LogP) is 3.78. The number of sulfonamides is 1. The fourth-order valence-electron chi connectivity index (χ4n) is 2.55. The molecule has 0 aliphatic heterocycles. The summed E-state index contributed by atoms with van der Waals surface area (Å²) in [6, 6.07) is 14.0. The molecule has 0 saturated carbocycles. The maximum Gasteiger partial charge on any atom is 0.245 e. The highest BCUT2D eigenvalue weighted by atomic mass is 32.2. The van der Waals surface area contributed by atoms with Crippen molar-refractivity contribution in [3.05, 3.63) is 66.7 Å². The number of hydrogen-bond acceptors (Lipinski definition) is 4. The number of ether oxygens (including phenoxy) is 1. The molecule has 0 saturated heterocycles. The van der Waals surface area contributed by atoms with Crippen molar-refractivity contribution in [2.45, 2.75) is 19.8 Å². The molecule has 2 aromatic rings. The van der Waals surface area contributed by atoms with Gasteiger partial charge in [-0.15, -0.1) is 0 Å². The highest BCUT2D eigenvalue weighted by Gasteiger charge is 2.21. The average Bonchev–Trinajstić information content (AvgIpc) is 2.65. The van der Waals surface area contributed by atoms with Gasteiger partial charge in [0.05, 0.1) is 11.9 Å². The number of anilines is 2. The van der Waals surface area contributed by atoms with E-state index < -0.39 is 15.9 Å². The van der Waals surface area contributed by atoms with Crippen molar-refractivity contribution >= 4 is 27.3 Å². The molecule has 0 aliphatic carbocycles. The Morgan fingerprint density at radius 3 is 2.25 bits per heavy atom. The van der Waals surface area contributed by atoms with Gasteiger partial charge in [-0.3, -0.25) is 9.10 Å². The normalized spacial score (nSPS) is 11.1. The van der Waals surface area contributed by atoms with Gasteiger partial charge in [-0.2, -0.15) is 0 Å². The molecule has 6 nitrogen and oxygen atoms in total. The molecule has 0 aromatic heterocycles. The smallest absolute Gasteiger partial charge is 0.245 e. The second-order valence-electron chi connectivity index (χ2n) is 6.69. The van der Waals surface area contributed by atoms with Crippen molar-refractivity contribution in [3.8, 4) is 5.75 Å². The first-order valence-corrected chi connectivity index (χ1v) is 10.8. The summed E-state index contributed by atoms with van der Waals surface area (Å²) in [5.74, 6) is 0.557. The monoisotopic (exact) mass is 402 g/mol. The molecule has 2 aromatic carbocycles. The van der Waals surface area contributed by atoms with Gasteiger partial charge in [-0.25, -0.2) is 8.42 Å². The molecule has 0 bridgehead atoms. The summed E-state index contributed by atoms with van der Waals surface area (Å²) in [7, 11) is -3.61. The zero-order valence-electron chi connectivity index (χ0n) is 16.4. The first-order chi connectivity index (χ1) is 13.2. The Morgan fingerprint density at radius 1 is 1.14 bits per heavy atom. The highest BCUT2D eigenvalue weighted by Crippen LogP contribution is 2.22. The Bertz CT molecular complexity index is 904. The average molecular weight is 403 g/mol. The van der Waals surface area contributed by atoms with E-state index in [4.69, 9.17) is 4.74 Å². The number of rotatable bonds is 9. The lowest BCUT2D eigenvalue weighted by Crippen LogP contribution is -2.37. The van der Waals surface area contributed by atoms with Gasteiger partial charge in [0.2, 0.25) is 15.9 Å². The summed E-state index contributed by atoms with van der Waals surface area (Å²) in [6.07, 6.45) is 2.73. The zero-order chi connectivity index (χ0) is 20.7. The van der Waals surface area contributed by atoms with E-state index in [1.165, 1.54) is 0 Å². The van der Waals surface area contributed by atoms with Gasteiger partial charge in [-0.05, 0) is 47.9 Å². The maximum atomic E-state index is 12.4. The van der Waals surface area contributed by atoms with E-state index in [2.05, 4.69) is 25.7 Å². The number of hydrogen-bond donors (Lipinski definition) is 1. The third kappa shape index (κ3) is 6.13. The van der Waals surface area contributed by atoms with Gasteiger partial charge in [0.25, 0.3) is 0 Å². The van der Waals surface area contributed by atoms with Crippen molar-refractivity contribution in [2.75, 3.05) is 29.0 Å². The predicted molar refractivity (Wildman–Crippen MR) is 113 cm³/mol. The minimum atomic E-state index is -3.61. The van der Waals surface area contributed by atoms with E-state index in [1.807, 2.05) is 12.1 Å². The van der Waals surface area contributed by atoms with Crippen LogP contribution in [-0.4, -0.2) is 33.7 Å². The van der Waals surface area contributed by atoms with Crippen LogP contribution in [0.5, 0.6) is 5.75 Å². The van der Waals surface area contributed by atoms with Crippen LogP contribution in [-0.2, 0) is 14.8 Å². The van der Waals surface area contributed by atoms with Gasteiger partial charge in [-0.1, -0.05) is 38.6 Å². The summed E-state index contributed by atoms with van der Waals surface area (Å²) < 4.78 is 30.9. The number of carbonyl (C=O) groups is 1. The van der Waals surface area contributed by atoms with E-state index in [0.29, 0.717) is 29.6 Å². The maximum absolute atomic E-state index is 12.4. The molecular formula is C21H26N2O4S. The molecule has 28 heavy (non-hydrogen) atoms. The Morgan fingerprint density at radius 2 is 1.75 bits per heavy atom. The molecule has 2 rings (SSSR count). The first kappa shape index (κ1) is 21.5. The standard InChI is InChI=1S/C21H26N2O4S/c1-5-14-27-20-12-8-18(9-13-20)22-21(24)15-23(28(4,25)26)19-10-6-17(7-11-19)16(2)3/h5-13,16H,1,14-15H2,2-4H3,(H,22,24). The number of benzene rings is 2. The van der Waals surface area contributed by atoms with E-state index in [9.17, 15) is 13.2 Å². The van der Waals surface area contributed by atoms with Gasteiger partial charge in [0, 0.05) is 5.69 Å². The van der Waals surface area contributed by atoms with E-state index >= 15 is 0 Å². The van der Waals surface area contributed by atoms with Crippen LogP contribution in [0, 0.1) is 0 Å². The fourth-order valence-corrected chi connectivity index (χ4v) is 3.40. The van der Waals surface area contributed by atoms with E-state index in [0.717, 1.165) is 16.1 Å². The van der Waals surface area contributed by atoms with Crippen LogP contribution in [0.3, 0.4) is 0 Å². The number of amides is 1. The SMILES string of the molecule is C=CCOc1ccc(NC(=O)CN(c2ccc(C(C)C)cc2)S(C)(=O)=O)cc1. The summed E-state index contributed by atoms with van der Waals surface area (Å²) in [4.78, 5) is 12.4. The second kappa shape index (κ2) is 9.41. The van der Waals surface area contributed by atoms with Gasteiger partial charge in [0.15, 0.2) is 0 Å². The summed E-state index contributed by atoms with van der Waals surface area (Å²) in [5.41, 5.74) is 2.11. The van der Waals surface area contributed by atoms with Crippen LogP contribution in [0.25, 0.3) is 0 Å². The number of carbonyl (C=O) groups excluding carboxylic acids is 1. The van der Waals surface area contributed by atoms with Crippen molar-refractivity contribution in [1.82, 2.24) is 0 Å². The number of nitrogens with zero attached hydrogens (tertiary/aromatic N) is 1. The number of nitrogens with one attached hydrogen (secondary N) is 1. The van der Waals surface area contributed by atoms with Gasteiger partial charge < -0.3 is 10.1 Å².